The number of hydrogen-bond acceptors (Lipinski definition) is 6. The van der Waals surface area contributed by atoms with E-state index in [1.165, 1.54) is 18.7 Å². The molecule has 0 unspecified atom stereocenters. The van der Waals surface area contributed by atoms with E-state index in [2.05, 4.69) is 15.5 Å². The van der Waals surface area contributed by atoms with E-state index >= 15 is 0 Å². The fourth-order valence-corrected chi connectivity index (χ4v) is 1.96. The second-order valence-corrected chi connectivity index (χ2v) is 4.64. The first-order valence-electron chi connectivity index (χ1n) is 5.42. The van der Waals surface area contributed by atoms with Crippen LogP contribution in [0.2, 0.25) is 0 Å². The first-order valence-corrected chi connectivity index (χ1v) is 6.40. The maximum atomic E-state index is 10.7. The van der Waals surface area contributed by atoms with E-state index in [1.807, 2.05) is 6.92 Å². The molecule has 2 rings (SSSR count). The number of furan rings is 1. The van der Waals surface area contributed by atoms with Crippen LogP contribution in [0.5, 0.6) is 0 Å². The molecule has 18 heavy (non-hydrogen) atoms. The number of nitrogens with zero attached hydrogens (tertiary/aromatic N) is 2. The van der Waals surface area contributed by atoms with E-state index in [-0.39, 0.29) is 5.91 Å². The van der Waals surface area contributed by atoms with E-state index in [0.717, 1.165) is 11.3 Å². The van der Waals surface area contributed by atoms with E-state index in [9.17, 15) is 4.79 Å². The van der Waals surface area contributed by atoms with Crippen molar-refractivity contribution in [3.63, 3.8) is 0 Å². The Bertz CT molecular complexity index is 535. The van der Waals surface area contributed by atoms with Gasteiger partial charge in [-0.05, 0) is 13.0 Å². The van der Waals surface area contributed by atoms with Gasteiger partial charge in [0.1, 0.15) is 5.76 Å². The van der Waals surface area contributed by atoms with Crippen LogP contribution in [-0.4, -0.2) is 28.4 Å². The average Bonchev–Trinajstić information content (AvgIpc) is 2.92. The van der Waals surface area contributed by atoms with E-state index in [4.69, 9.17) is 8.83 Å². The van der Waals surface area contributed by atoms with Gasteiger partial charge in [0.25, 0.3) is 11.1 Å². The number of nitrogens with one attached hydrogen (secondary N) is 1. The maximum absolute atomic E-state index is 10.7. The van der Waals surface area contributed by atoms with Crippen LogP contribution in [0.15, 0.2) is 26.4 Å². The fraction of sp³-hybridized carbons (Fsp3) is 0.364. The lowest BCUT2D eigenvalue weighted by molar-refractivity contribution is -0.118. The SMILES string of the molecule is CC(=O)NCCSc1nnc(-c2ccoc2C)o1. The number of amides is 1. The molecule has 0 radical (unpaired) electrons. The van der Waals surface area contributed by atoms with Crippen LogP contribution >= 0.6 is 11.8 Å². The Hall–Kier alpha value is -1.76. The molecular formula is C11H13N3O3S. The number of aromatic nitrogens is 2. The summed E-state index contributed by atoms with van der Waals surface area (Å²) in [5, 5.41) is 11.0. The molecule has 0 aliphatic rings. The molecule has 0 spiro atoms. The van der Waals surface area contributed by atoms with E-state index < -0.39 is 0 Å². The Kier molecular flexibility index (Phi) is 4.03. The number of carbonyl (C=O) groups excluding carboxylic acids is 1. The van der Waals surface area contributed by atoms with Crippen molar-refractivity contribution in [3.8, 4) is 11.5 Å². The molecule has 0 atom stereocenters. The predicted octanol–water partition coefficient (Wildman–Crippen LogP) is 1.87. The van der Waals surface area contributed by atoms with Crippen molar-refractivity contribution in [1.82, 2.24) is 15.5 Å². The van der Waals surface area contributed by atoms with Gasteiger partial charge >= 0.3 is 0 Å². The Morgan fingerprint density at radius 1 is 1.50 bits per heavy atom. The summed E-state index contributed by atoms with van der Waals surface area (Å²) >= 11 is 1.40. The third kappa shape index (κ3) is 3.13. The minimum Gasteiger partial charge on any atom is -0.469 e. The summed E-state index contributed by atoms with van der Waals surface area (Å²) in [6, 6.07) is 1.79. The summed E-state index contributed by atoms with van der Waals surface area (Å²) in [7, 11) is 0. The van der Waals surface area contributed by atoms with Crippen LogP contribution in [0.25, 0.3) is 11.5 Å². The summed E-state index contributed by atoms with van der Waals surface area (Å²) < 4.78 is 10.7. The number of thioether (sulfide) groups is 1. The molecule has 0 fully saturated rings. The Morgan fingerprint density at radius 2 is 2.33 bits per heavy atom. The van der Waals surface area contributed by atoms with Gasteiger partial charge in [0, 0.05) is 19.2 Å². The highest BCUT2D eigenvalue weighted by Crippen LogP contribution is 2.25. The number of rotatable bonds is 5. The number of hydrogen-bond donors (Lipinski definition) is 1. The Morgan fingerprint density at radius 3 is 3.00 bits per heavy atom. The monoisotopic (exact) mass is 267 g/mol. The van der Waals surface area contributed by atoms with Crippen LogP contribution in [0.1, 0.15) is 12.7 Å². The summed E-state index contributed by atoms with van der Waals surface area (Å²) in [5.41, 5.74) is 0.802. The second kappa shape index (κ2) is 5.72. The summed E-state index contributed by atoms with van der Waals surface area (Å²) in [6.07, 6.45) is 1.58. The lowest BCUT2D eigenvalue weighted by atomic mass is 10.3. The first kappa shape index (κ1) is 12.7. The Balaban J connectivity index is 1.91. The normalized spacial score (nSPS) is 10.6. The van der Waals surface area contributed by atoms with Gasteiger partial charge in [-0.2, -0.15) is 0 Å². The van der Waals surface area contributed by atoms with E-state index in [0.29, 0.717) is 23.4 Å². The average molecular weight is 267 g/mol. The highest BCUT2D eigenvalue weighted by molar-refractivity contribution is 7.99. The molecule has 0 bridgehead atoms. The van der Waals surface area contributed by atoms with Gasteiger partial charge in [-0.25, -0.2) is 0 Å². The van der Waals surface area contributed by atoms with Gasteiger partial charge in [0.2, 0.25) is 5.91 Å². The molecule has 0 aromatic carbocycles. The topological polar surface area (TPSA) is 81.2 Å². The van der Waals surface area contributed by atoms with Gasteiger partial charge < -0.3 is 14.2 Å². The molecule has 0 aliphatic carbocycles. The lowest BCUT2D eigenvalue weighted by Gasteiger charge is -1.98. The van der Waals surface area contributed by atoms with Crippen molar-refractivity contribution < 1.29 is 13.6 Å². The quantitative estimate of drug-likeness (QED) is 0.658. The zero-order chi connectivity index (χ0) is 13.0. The Labute approximate surface area is 108 Å². The third-order valence-corrected chi connectivity index (χ3v) is 3.02. The zero-order valence-electron chi connectivity index (χ0n) is 10.1. The molecule has 0 aliphatic heterocycles. The van der Waals surface area contributed by atoms with Crippen LogP contribution < -0.4 is 5.32 Å². The minimum atomic E-state index is -0.0455. The highest BCUT2D eigenvalue weighted by atomic mass is 32.2. The molecule has 6 nitrogen and oxygen atoms in total. The molecule has 96 valence electrons. The molecule has 2 heterocycles. The molecule has 2 aromatic rings. The van der Waals surface area contributed by atoms with Crippen LogP contribution in [-0.2, 0) is 4.79 Å². The maximum Gasteiger partial charge on any atom is 0.276 e. The van der Waals surface area contributed by atoms with E-state index in [1.54, 1.807) is 12.3 Å². The molecule has 0 saturated carbocycles. The molecule has 7 heteroatoms. The third-order valence-electron chi connectivity index (χ3n) is 2.20. The highest BCUT2D eigenvalue weighted by Gasteiger charge is 2.12. The van der Waals surface area contributed by atoms with Gasteiger partial charge in [-0.3, -0.25) is 4.79 Å². The van der Waals surface area contributed by atoms with Crippen LogP contribution in [0.4, 0.5) is 0 Å². The second-order valence-electron chi connectivity index (χ2n) is 3.60. The van der Waals surface area contributed by atoms with Gasteiger partial charge in [-0.1, -0.05) is 11.8 Å². The predicted molar refractivity (Wildman–Crippen MR) is 66.1 cm³/mol. The summed E-state index contributed by atoms with van der Waals surface area (Å²) in [6.45, 7) is 3.89. The minimum absolute atomic E-state index is 0.0455. The molecule has 1 N–H and O–H groups in total. The van der Waals surface area contributed by atoms with Crippen molar-refractivity contribution in [2.45, 2.75) is 19.1 Å². The van der Waals surface area contributed by atoms with Gasteiger partial charge in [-0.15, -0.1) is 10.2 Å². The standard InChI is InChI=1S/C11H13N3O3S/c1-7-9(3-5-16-7)10-13-14-11(17-10)18-6-4-12-8(2)15/h3,5H,4,6H2,1-2H3,(H,12,15). The van der Waals surface area contributed by atoms with Crippen molar-refractivity contribution in [2.24, 2.45) is 0 Å². The zero-order valence-corrected chi connectivity index (χ0v) is 10.9. The molecule has 1 amide bonds. The number of carbonyl (C=O) groups is 1. The number of aryl methyl sites for hydroxylation is 1. The smallest absolute Gasteiger partial charge is 0.276 e. The lowest BCUT2D eigenvalue weighted by Crippen LogP contribution is -2.22. The first-order chi connectivity index (χ1) is 8.66. The van der Waals surface area contributed by atoms with Gasteiger partial charge in [0.15, 0.2) is 0 Å². The van der Waals surface area contributed by atoms with Crippen LogP contribution in [0.3, 0.4) is 0 Å². The largest absolute Gasteiger partial charge is 0.469 e. The van der Waals surface area contributed by atoms with Crippen molar-refractivity contribution >= 4 is 17.7 Å². The van der Waals surface area contributed by atoms with Crippen molar-refractivity contribution in [3.05, 3.63) is 18.1 Å². The molecular weight excluding hydrogens is 254 g/mol. The van der Waals surface area contributed by atoms with Crippen LogP contribution in [0, 0.1) is 6.92 Å². The van der Waals surface area contributed by atoms with Crippen molar-refractivity contribution in [2.75, 3.05) is 12.3 Å². The molecule has 0 saturated heterocycles. The van der Waals surface area contributed by atoms with Gasteiger partial charge in [0.05, 0.1) is 11.8 Å². The summed E-state index contributed by atoms with van der Waals surface area (Å²) in [5.74, 6) is 1.83. The molecule has 2 aromatic heterocycles. The van der Waals surface area contributed by atoms with Crippen molar-refractivity contribution in [1.29, 1.82) is 0 Å². The summed E-state index contributed by atoms with van der Waals surface area (Å²) in [4.78, 5) is 10.7. The fourth-order valence-electron chi connectivity index (χ4n) is 1.35.